The fourth-order valence-corrected chi connectivity index (χ4v) is 5.17. The molecule has 2 heterocycles. The van der Waals surface area contributed by atoms with Crippen LogP contribution in [0.1, 0.15) is 52.5 Å². The van der Waals surface area contributed by atoms with Crippen molar-refractivity contribution in [1.29, 1.82) is 0 Å². The molecular formula is C20H30N2O. The maximum Gasteiger partial charge on any atom is 0.0853 e. The molecule has 23 heavy (non-hydrogen) atoms. The van der Waals surface area contributed by atoms with Crippen molar-refractivity contribution in [2.24, 2.45) is 5.92 Å². The number of hydrogen-bond acceptors (Lipinski definition) is 3. The molecule has 3 heteroatoms. The molecular weight excluding hydrogens is 284 g/mol. The van der Waals surface area contributed by atoms with Gasteiger partial charge in [0.25, 0.3) is 0 Å². The lowest BCUT2D eigenvalue weighted by molar-refractivity contribution is -0.224. The predicted octanol–water partition coefficient (Wildman–Crippen LogP) is 3.84. The summed E-state index contributed by atoms with van der Waals surface area (Å²) in [5.41, 5.74) is 1.51. The Morgan fingerprint density at radius 1 is 1.13 bits per heavy atom. The molecule has 0 amide bonds. The van der Waals surface area contributed by atoms with Gasteiger partial charge in [-0.15, -0.1) is 0 Å². The van der Waals surface area contributed by atoms with Crippen LogP contribution in [0.5, 0.6) is 0 Å². The highest BCUT2D eigenvalue weighted by Gasteiger charge is 2.60. The summed E-state index contributed by atoms with van der Waals surface area (Å²) in [5, 5.41) is 2.34. The van der Waals surface area contributed by atoms with E-state index in [1.54, 1.807) is 0 Å². The van der Waals surface area contributed by atoms with Gasteiger partial charge >= 0.3 is 0 Å². The fraction of sp³-hybridized carbons (Fsp3) is 0.700. The van der Waals surface area contributed by atoms with Crippen molar-refractivity contribution in [3.8, 4) is 0 Å². The van der Waals surface area contributed by atoms with E-state index in [2.05, 4.69) is 68.0 Å². The average molecular weight is 314 g/mol. The van der Waals surface area contributed by atoms with E-state index in [0.29, 0.717) is 30.1 Å². The highest BCUT2D eigenvalue weighted by molar-refractivity contribution is 5.17. The van der Waals surface area contributed by atoms with Crippen molar-refractivity contribution < 1.29 is 4.84 Å². The molecule has 0 unspecified atom stereocenters. The normalized spacial score (nSPS) is 38.0. The summed E-state index contributed by atoms with van der Waals surface area (Å²) >= 11 is 0. The maximum absolute atomic E-state index is 6.44. The second-order valence-electron chi connectivity index (χ2n) is 8.61. The summed E-state index contributed by atoms with van der Waals surface area (Å²) in [6, 6.07) is 12.7. The minimum absolute atomic E-state index is 0.0730. The molecule has 126 valence electrons. The Kier molecular flexibility index (Phi) is 3.79. The van der Waals surface area contributed by atoms with E-state index in [0.717, 1.165) is 6.54 Å². The van der Waals surface area contributed by atoms with Gasteiger partial charge in [-0.3, -0.25) is 9.74 Å². The van der Waals surface area contributed by atoms with E-state index in [-0.39, 0.29) is 5.54 Å². The first kappa shape index (κ1) is 15.6. The minimum Gasteiger partial charge on any atom is -0.294 e. The maximum atomic E-state index is 6.44. The van der Waals surface area contributed by atoms with Crippen LogP contribution in [0.15, 0.2) is 30.3 Å². The number of hydrogen-bond donors (Lipinski definition) is 0. The number of hydroxylamine groups is 2. The molecule has 0 aromatic heterocycles. The topological polar surface area (TPSA) is 15.7 Å². The molecule has 0 spiro atoms. The van der Waals surface area contributed by atoms with Crippen molar-refractivity contribution >= 4 is 0 Å². The molecule has 1 aromatic carbocycles. The van der Waals surface area contributed by atoms with E-state index in [4.69, 9.17) is 4.84 Å². The Hall–Kier alpha value is -0.900. The second kappa shape index (κ2) is 5.58. The second-order valence-corrected chi connectivity index (χ2v) is 8.61. The Bertz CT molecular complexity index is 553. The Labute approximate surface area is 140 Å². The third kappa shape index (κ3) is 2.54. The first-order valence-corrected chi connectivity index (χ1v) is 9.22. The van der Waals surface area contributed by atoms with Crippen LogP contribution in [0.2, 0.25) is 0 Å². The first-order chi connectivity index (χ1) is 11.0. The summed E-state index contributed by atoms with van der Waals surface area (Å²) < 4.78 is 0. The third-order valence-corrected chi connectivity index (χ3v) is 6.09. The van der Waals surface area contributed by atoms with Crippen LogP contribution in [0.4, 0.5) is 0 Å². The molecule has 1 aliphatic carbocycles. The number of nitrogens with zero attached hydrogens (tertiary/aromatic N) is 2. The summed E-state index contributed by atoms with van der Waals surface area (Å²) in [6.07, 6.45) is 4.29. The van der Waals surface area contributed by atoms with Crippen LogP contribution in [0.25, 0.3) is 0 Å². The van der Waals surface area contributed by atoms with Gasteiger partial charge in [0.15, 0.2) is 0 Å². The fourth-order valence-electron chi connectivity index (χ4n) is 5.17. The predicted molar refractivity (Wildman–Crippen MR) is 92.8 cm³/mol. The molecule has 5 atom stereocenters. The summed E-state index contributed by atoms with van der Waals surface area (Å²) in [4.78, 5) is 9.20. The standard InChI is InChI=1S/C20H30N2O/c1-14-19-18-16(21(14)13-15-9-6-5-7-10-15)11-8-12-17(18)23-22(19)20(2,3)4/h5-7,9-10,14,16-19H,8,11-13H2,1-4H3/t14-,16-,17+,18-,19-/m0/s1. The molecule has 0 bridgehead atoms. The zero-order chi connectivity index (χ0) is 16.2. The molecule has 2 aliphatic heterocycles. The third-order valence-electron chi connectivity index (χ3n) is 6.09. The molecule has 1 saturated carbocycles. The molecule has 2 saturated heterocycles. The smallest absolute Gasteiger partial charge is 0.0853 e. The molecule has 1 aromatic rings. The van der Waals surface area contributed by atoms with Crippen LogP contribution in [-0.2, 0) is 11.4 Å². The largest absolute Gasteiger partial charge is 0.294 e. The quantitative estimate of drug-likeness (QED) is 0.825. The lowest BCUT2D eigenvalue weighted by Gasteiger charge is -2.39. The molecule has 3 nitrogen and oxygen atoms in total. The Morgan fingerprint density at radius 2 is 1.87 bits per heavy atom. The zero-order valence-corrected chi connectivity index (χ0v) is 14.9. The van der Waals surface area contributed by atoms with Gasteiger partial charge in [0.1, 0.15) is 0 Å². The van der Waals surface area contributed by atoms with E-state index in [9.17, 15) is 0 Å². The van der Waals surface area contributed by atoms with Crippen LogP contribution in [-0.4, -0.2) is 39.7 Å². The zero-order valence-electron chi connectivity index (χ0n) is 14.9. The lowest BCUT2D eigenvalue weighted by atomic mass is 9.80. The van der Waals surface area contributed by atoms with Crippen LogP contribution >= 0.6 is 0 Å². The Balaban J connectivity index is 1.63. The van der Waals surface area contributed by atoms with Gasteiger partial charge in [-0.1, -0.05) is 30.3 Å². The molecule has 3 aliphatic rings. The number of benzene rings is 1. The monoisotopic (exact) mass is 314 g/mol. The lowest BCUT2D eigenvalue weighted by Crippen LogP contribution is -2.50. The van der Waals surface area contributed by atoms with Crippen molar-refractivity contribution in [2.45, 2.75) is 83.3 Å². The van der Waals surface area contributed by atoms with Crippen LogP contribution in [0, 0.1) is 5.92 Å². The van der Waals surface area contributed by atoms with Gasteiger partial charge in [-0.25, -0.2) is 0 Å². The molecule has 0 radical (unpaired) electrons. The molecule has 4 rings (SSSR count). The Morgan fingerprint density at radius 3 is 2.57 bits per heavy atom. The average Bonchev–Trinajstić information content (AvgIpc) is 3.04. The highest BCUT2D eigenvalue weighted by atomic mass is 16.7. The van der Waals surface area contributed by atoms with Crippen LogP contribution in [0.3, 0.4) is 0 Å². The summed E-state index contributed by atoms with van der Waals surface area (Å²) in [5.74, 6) is 0.682. The molecule has 3 fully saturated rings. The first-order valence-electron chi connectivity index (χ1n) is 9.22. The number of rotatable bonds is 2. The highest BCUT2D eigenvalue weighted by Crippen LogP contribution is 2.50. The van der Waals surface area contributed by atoms with Gasteiger partial charge < -0.3 is 0 Å². The summed E-state index contributed by atoms with van der Waals surface area (Å²) in [7, 11) is 0. The van der Waals surface area contributed by atoms with Gasteiger partial charge in [-0.2, -0.15) is 5.06 Å². The van der Waals surface area contributed by atoms with Crippen molar-refractivity contribution in [2.75, 3.05) is 0 Å². The van der Waals surface area contributed by atoms with E-state index >= 15 is 0 Å². The van der Waals surface area contributed by atoms with Gasteiger partial charge in [0, 0.05) is 30.1 Å². The molecule has 0 N–H and O–H groups in total. The van der Waals surface area contributed by atoms with Crippen molar-refractivity contribution in [3.63, 3.8) is 0 Å². The van der Waals surface area contributed by atoms with E-state index in [1.165, 1.54) is 24.8 Å². The van der Waals surface area contributed by atoms with Gasteiger partial charge in [0.05, 0.1) is 12.1 Å². The minimum atomic E-state index is 0.0730. The van der Waals surface area contributed by atoms with Gasteiger partial charge in [0.2, 0.25) is 0 Å². The van der Waals surface area contributed by atoms with Crippen molar-refractivity contribution in [3.05, 3.63) is 35.9 Å². The van der Waals surface area contributed by atoms with E-state index < -0.39 is 0 Å². The number of likely N-dealkylation sites (tertiary alicyclic amines) is 1. The SMILES string of the molecule is C[C@H]1[C@H]2[C@@H]3[C@@H](CCC[C@@H]3N1Cc1ccccc1)ON2C(C)(C)C. The van der Waals surface area contributed by atoms with Crippen LogP contribution < -0.4 is 0 Å². The van der Waals surface area contributed by atoms with E-state index in [1.807, 2.05) is 0 Å². The van der Waals surface area contributed by atoms with Crippen molar-refractivity contribution in [1.82, 2.24) is 9.96 Å². The van der Waals surface area contributed by atoms with Gasteiger partial charge in [-0.05, 0) is 52.5 Å². The summed E-state index contributed by atoms with van der Waals surface area (Å²) in [6.45, 7) is 10.3.